The molecule has 0 aliphatic rings. The van der Waals surface area contributed by atoms with Gasteiger partial charge in [0, 0.05) is 10.5 Å². The number of hydrogen-bond acceptors (Lipinski definition) is 5. The summed E-state index contributed by atoms with van der Waals surface area (Å²) in [5, 5.41) is 10.5. The van der Waals surface area contributed by atoms with Gasteiger partial charge in [0.2, 0.25) is 0 Å². The Bertz CT molecular complexity index is 408. The molecule has 0 spiro atoms. The number of esters is 1. The first-order valence-electron chi connectivity index (χ1n) is 4.03. The van der Waals surface area contributed by atoms with Gasteiger partial charge >= 0.3 is 11.8 Å². The van der Waals surface area contributed by atoms with Crippen LogP contribution < -0.4 is 0 Å². The van der Waals surface area contributed by atoms with E-state index in [0.29, 0.717) is 4.47 Å². The molecule has 1 aromatic rings. The van der Waals surface area contributed by atoms with Gasteiger partial charge in [-0.1, -0.05) is 15.9 Å². The van der Waals surface area contributed by atoms with Gasteiger partial charge in [-0.05, 0) is 16.8 Å². The SMILES string of the molecule is CCOC(=O)c1cc(Br)cc([N+](=O)[O-])n1. The van der Waals surface area contributed by atoms with Gasteiger partial charge in [-0.15, -0.1) is 0 Å². The fraction of sp³-hybridized carbons (Fsp3) is 0.250. The molecule has 0 saturated carbocycles. The smallest absolute Gasteiger partial charge is 0.383 e. The Balaban J connectivity index is 3.09. The van der Waals surface area contributed by atoms with Crippen LogP contribution in [0.1, 0.15) is 17.4 Å². The monoisotopic (exact) mass is 274 g/mol. The molecule has 0 bridgehead atoms. The average molecular weight is 275 g/mol. The fourth-order valence-electron chi connectivity index (χ4n) is 0.887. The first-order valence-corrected chi connectivity index (χ1v) is 4.83. The van der Waals surface area contributed by atoms with Crippen molar-refractivity contribution in [1.29, 1.82) is 0 Å². The van der Waals surface area contributed by atoms with Crippen molar-refractivity contribution in [1.82, 2.24) is 4.98 Å². The van der Waals surface area contributed by atoms with E-state index in [-0.39, 0.29) is 12.3 Å². The van der Waals surface area contributed by atoms with Crippen molar-refractivity contribution in [3.63, 3.8) is 0 Å². The molecule has 0 atom stereocenters. The number of rotatable bonds is 3. The zero-order chi connectivity index (χ0) is 11.4. The molecule has 0 saturated heterocycles. The van der Waals surface area contributed by atoms with Gasteiger partial charge in [-0.25, -0.2) is 4.79 Å². The van der Waals surface area contributed by atoms with Crippen molar-refractivity contribution in [2.45, 2.75) is 6.92 Å². The van der Waals surface area contributed by atoms with E-state index >= 15 is 0 Å². The van der Waals surface area contributed by atoms with Crippen LogP contribution in [0.4, 0.5) is 5.82 Å². The second-order valence-electron chi connectivity index (χ2n) is 2.51. The molecular formula is C8H7BrN2O4. The van der Waals surface area contributed by atoms with Gasteiger partial charge in [-0.3, -0.25) is 0 Å². The molecule has 7 heteroatoms. The predicted octanol–water partition coefficient (Wildman–Crippen LogP) is 1.93. The quantitative estimate of drug-likeness (QED) is 0.478. The highest BCUT2D eigenvalue weighted by Gasteiger charge is 2.19. The average Bonchev–Trinajstić information content (AvgIpc) is 2.17. The van der Waals surface area contributed by atoms with Crippen molar-refractivity contribution in [2.75, 3.05) is 6.61 Å². The summed E-state index contributed by atoms with van der Waals surface area (Å²) >= 11 is 3.05. The molecule has 1 aromatic heterocycles. The van der Waals surface area contributed by atoms with E-state index in [0.717, 1.165) is 0 Å². The summed E-state index contributed by atoms with van der Waals surface area (Å²) in [5.74, 6) is -1.07. The molecule has 0 aromatic carbocycles. The summed E-state index contributed by atoms with van der Waals surface area (Å²) in [6, 6.07) is 2.58. The van der Waals surface area contributed by atoms with Crippen molar-refractivity contribution in [3.05, 3.63) is 32.4 Å². The van der Waals surface area contributed by atoms with Crippen molar-refractivity contribution in [3.8, 4) is 0 Å². The number of nitro groups is 1. The summed E-state index contributed by atoms with van der Waals surface area (Å²) in [4.78, 5) is 24.6. The van der Waals surface area contributed by atoms with Gasteiger partial charge in [0.05, 0.1) is 12.7 Å². The summed E-state index contributed by atoms with van der Waals surface area (Å²) < 4.78 is 5.08. The van der Waals surface area contributed by atoms with Crippen LogP contribution >= 0.6 is 15.9 Å². The maximum atomic E-state index is 11.2. The van der Waals surface area contributed by atoms with Gasteiger partial charge < -0.3 is 14.9 Å². The Morgan fingerprint density at radius 1 is 1.67 bits per heavy atom. The number of halogens is 1. The largest absolute Gasteiger partial charge is 0.460 e. The van der Waals surface area contributed by atoms with Gasteiger partial charge in [0.1, 0.15) is 0 Å². The van der Waals surface area contributed by atoms with Crippen LogP contribution in [0.5, 0.6) is 0 Å². The number of hydrogen-bond donors (Lipinski definition) is 0. The number of nitrogens with zero attached hydrogens (tertiary/aromatic N) is 2. The molecular weight excluding hydrogens is 268 g/mol. The standard InChI is InChI=1S/C8H7BrN2O4/c1-2-15-8(12)6-3-5(9)4-7(10-6)11(13)14/h3-4H,2H2,1H3. The zero-order valence-corrected chi connectivity index (χ0v) is 9.35. The van der Waals surface area contributed by atoms with Gasteiger partial charge in [-0.2, -0.15) is 0 Å². The summed E-state index contributed by atoms with van der Waals surface area (Å²) in [6.45, 7) is 1.84. The predicted molar refractivity (Wildman–Crippen MR) is 54.5 cm³/mol. The van der Waals surface area contributed by atoms with Crippen LogP contribution in [0.3, 0.4) is 0 Å². The van der Waals surface area contributed by atoms with E-state index in [9.17, 15) is 14.9 Å². The highest BCUT2D eigenvalue weighted by molar-refractivity contribution is 9.10. The molecule has 0 aliphatic heterocycles. The lowest BCUT2D eigenvalue weighted by Crippen LogP contribution is -2.08. The van der Waals surface area contributed by atoms with Crippen molar-refractivity contribution < 1.29 is 14.5 Å². The molecule has 0 N–H and O–H groups in total. The number of aromatic nitrogens is 1. The third kappa shape index (κ3) is 2.98. The van der Waals surface area contributed by atoms with E-state index in [1.807, 2.05) is 0 Å². The number of carbonyl (C=O) groups is 1. The molecule has 0 fully saturated rings. The molecule has 80 valence electrons. The Hall–Kier alpha value is -1.50. The van der Waals surface area contributed by atoms with Crippen LogP contribution in [0.2, 0.25) is 0 Å². The lowest BCUT2D eigenvalue weighted by Gasteiger charge is -1.98. The minimum absolute atomic E-state index is 0.0853. The van der Waals surface area contributed by atoms with E-state index in [4.69, 9.17) is 0 Å². The highest BCUT2D eigenvalue weighted by Crippen LogP contribution is 2.18. The first-order chi connectivity index (χ1) is 7.04. The molecule has 6 nitrogen and oxygen atoms in total. The second kappa shape index (κ2) is 4.83. The number of pyridine rings is 1. The molecule has 0 unspecified atom stereocenters. The molecule has 0 amide bonds. The van der Waals surface area contributed by atoms with Crippen LogP contribution in [0.25, 0.3) is 0 Å². The van der Waals surface area contributed by atoms with Gasteiger partial charge in [0.25, 0.3) is 5.69 Å². The molecule has 1 rings (SSSR count). The normalized spacial score (nSPS) is 9.73. The Morgan fingerprint density at radius 2 is 2.33 bits per heavy atom. The van der Waals surface area contributed by atoms with E-state index in [2.05, 4.69) is 25.7 Å². The topological polar surface area (TPSA) is 82.3 Å². The third-order valence-corrected chi connectivity index (χ3v) is 1.91. The van der Waals surface area contributed by atoms with Crippen LogP contribution in [0.15, 0.2) is 16.6 Å². The summed E-state index contributed by atoms with van der Waals surface area (Å²) in [5.41, 5.74) is -0.0853. The number of ether oxygens (including phenoxy) is 1. The molecule has 1 heterocycles. The Kier molecular flexibility index (Phi) is 3.73. The maximum absolute atomic E-state index is 11.2. The Labute approximate surface area is 93.5 Å². The van der Waals surface area contributed by atoms with Crippen LogP contribution in [-0.4, -0.2) is 22.5 Å². The van der Waals surface area contributed by atoms with Crippen LogP contribution in [0, 0.1) is 10.1 Å². The van der Waals surface area contributed by atoms with Gasteiger partial charge in [0.15, 0.2) is 0 Å². The Morgan fingerprint density at radius 3 is 2.87 bits per heavy atom. The van der Waals surface area contributed by atoms with E-state index in [1.54, 1.807) is 6.92 Å². The van der Waals surface area contributed by atoms with Crippen molar-refractivity contribution in [2.24, 2.45) is 0 Å². The van der Waals surface area contributed by atoms with E-state index < -0.39 is 16.7 Å². The summed E-state index contributed by atoms with van der Waals surface area (Å²) in [6.07, 6.45) is 0. The second-order valence-corrected chi connectivity index (χ2v) is 3.42. The maximum Gasteiger partial charge on any atom is 0.383 e. The lowest BCUT2D eigenvalue weighted by atomic mass is 10.3. The van der Waals surface area contributed by atoms with Crippen LogP contribution in [-0.2, 0) is 4.74 Å². The van der Waals surface area contributed by atoms with Crippen molar-refractivity contribution >= 4 is 27.7 Å². The molecule has 0 radical (unpaired) electrons. The lowest BCUT2D eigenvalue weighted by molar-refractivity contribution is -0.389. The van der Waals surface area contributed by atoms with E-state index in [1.165, 1.54) is 12.1 Å². The molecule has 15 heavy (non-hydrogen) atoms. The fourth-order valence-corrected chi connectivity index (χ4v) is 1.31. The minimum Gasteiger partial charge on any atom is -0.460 e. The molecule has 0 aliphatic carbocycles. The highest BCUT2D eigenvalue weighted by atomic mass is 79.9. The summed E-state index contributed by atoms with van der Waals surface area (Å²) in [7, 11) is 0. The first kappa shape index (κ1) is 11.6. The zero-order valence-electron chi connectivity index (χ0n) is 7.77. The minimum atomic E-state index is -0.679. The third-order valence-electron chi connectivity index (χ3n) is 1.45. The number of carbonyl (C=O) groups excluding carboxylic acids is 1.